The molecule has 294 valence electrons. The molecular formula is C34H24Cl4N14O4S2. The number of aromatic nitrogens is 8. The van der Waals surface area contributed by atoms with Crippen LogP contribution in [0.4, 0.5) is 11.4 Å². The molecule has 0 bridgehead atoms. The third-order valence-electron chi connectivity index (χ3n) is 8.34. The number of rotatable bonds is 10. The molecule has 0 spiro atoms. The Labute approximate surface area is 356 Å². The van der Waals surface area contributed by atoms with Crippen LogP contribution in [0.15, 0.2) is 102 Å². The van der Waals surface area contributed by atoms with Crippen molar-refractivity contribution in [3.63, 3.8) is 0 Å². The third-order valence-corrected chi connectivity index (χ3v) is 10.2. The van der Waals surface area contributed by atoms with Crippen molar-refractivity contribution in [3.8, 4) is 22.8 Å². The molecule has 0 fully saturated rings. The van der Waals surface area contributed by atoms with Crippen molar-refractivity contribution in [1.29, 1.82) is 0 Å². The van der Waals surface area contributed by atoms with Crippen molar-refractivity contribution in [1.82, 2.24) is 55.8 Å². The molecule has 0 aliphatic carbocycles. The molecule has 0 saturated carbocycles. The number of hydrogen-bond donors (Lipinski definition) is 4. The van der Waals surface area contributed by atoms with E-state index in [1.165, 1.54) is 29.1 Å². The summed E-state index contributed by atoms with van der Waals surface area (Å²) >= 11 is 35.6. The van der Waals surface area contributed by atoms with Gasteiger partial charge in [0.25, 0.3) is 11.4 Å². The quantitative estimate of drug-likeness (QED) is 0.0579. The van der Waals surface area contributed by atoms with Crippen LogP contribution in [0.25, 0.3) is 22.8 Å². The normalized spacial score (nSPS) is 12.1. The van der Waals surface area contributed by atoms with Gasteiger partial charge in [-0.2, -0.15) is 4.80 Å². The van der Waals surface area contributed by atoms with Crippen LogP contribution < -0.4 is 11.1 Å². The highest BCUT2D eigenvalue weighted by atomic mass is 35.5. The molecule has 1 aliphatic rings. The number of hydrazone groups is 1. The zero-order chi connectivity index (χ0) is 41.1. The molecule has 0 amide bonds. The molecule has 4 N–H and O–H groups in total. The van der Waals surface area contributed by atoms with Gasteiger partial charge in [0, 0.05) is 46.7 Å². The van der Waals surface area contributed by atoms with Gasteiger partial charge in [-0.1, -0.05) is 95.1 Å². The van der Waals surface area contributed by atoms with E-state index in [1.807, 2.05) is 0 Å². The topological polar surface area (TPSA) is 211 Å². The SMILES string of the molecule is O=[N+]([O-])c1ccc(CN2NNN=C2c2c[nH]n(-c3ccc(Cl)cc3Cl)c2=S)cc1.O=[N+]([O-])c1ccc(Cn2nnc(-c3c[nH]n(-c4ccc(Cl)cc4Cl)c3=S)n2)cc1. The van der Waals surface area contributed by atoms with E-state index >= 15 is 0 Å². The second kappa shape index (κ2) is 17.2. The summed E-state index contributed by atoms with van der Waals surface area (Å²) in [6.45, 7) is 0.719. The highest BCUT2D eigenvalue weighted by Crippen LogP contribution is 2.28. The van der Waals surface area contributed by atoms with Gasteiger partial charge in [-0.15, -0.1) is 20.8 Å². The number of halogens is 4. The first-order chi connectivity index (χ1) is 27.9. The van der Waals surface area contributed by atoms with E-state index in [-0.39, 0.29) is 11.4 Å². The number of hydrazine groups is 2. The predicted octanol–water partition coefficient (Wildman–Crippen LogP) is 8.39. The third kappa shape index (κ3) is 8.77. The first kappa shape index (κ1) is 40.2. The summed E-state index contributed by atoms with van der Waals surface area (Å²) in [6, 6.07) is 22.7. The van der Waals surface area contributed by atoms with Gasteiger partial charge in [-0.3, -0.25) is 35.4 Å². The molecule has 8 rings (SSSR count). The molecule has 3 aromatic heterocycles. The Morgan fingerprint density at radius 3 is 1.69 bits per heavy atom. The summed E-state index contributed by atoms with van der Waals surface area (Å²) < 4.78 is 4.20. The fourth-order valence-corrected chi connectivity index (χ4v) is 7.11. The van der Waals surface area contributed by atoms with Crippen molar-refractivity contribution < 1.29 is 9.85 Å². The summed E-state index contributed by atoms with van der Waals surface area (Å²) in [5.74, 6) is 0.908. The number of nitrogens with zero attached hydrogens (tertiary/aromatic N) is 10. The van der Waals surface area contributed by atoms with Crippen molar-refractivity contribution in [3.05, 3.63) is 164 Å². The molecule has 4 heterocycles. The second-order valence-electron chi connectivity index (χ2n) is 12.1. The number of amidine groups is 1. The molecule has 24 heteroatoms. The van der Waals surface area contributed by atoms with Crippen LogP contribution in [-0.2, 0) is 13.1 Å². The second-order valence-corrected chi connectivity index (χ2v) is 14.5. The average molecular weight is 899 g/mol. The first-order valence-corrected chi connectivity index (χ1v) is 18.8. The monoisotopic (exact) mass is 896 g/mol. The van der Waals surface area contributed by atoms with Gasteiger partial charge in [0.1, 0.15) is 9.28 Å². The van der Waals surface area contributed by atoms with Gasteiger partial charge >= 0.3 is 0 Å². The number of hydrogen-bond acceptors (Lipinski definition) is 13. The molecule has 0 saturated heterocycles. The zero-order valence-corrected chi connectivity index (χ0v) is 33.7. The van der Waals surface area contributed by atoms with Crippen molar-refractivity contribution in [2.24, 2.45) is 5.10 Å². The van der Waals surface area contributed by atoms with Gasteiger partial charge < -0.3 is 0 Å². The number of aromatic amines is 2. The molecule has 4 aromatic carbocycles. The molecule has 1 aliphatic heterocycles. The molecule has 0 unspecified atom stereocenters. The molecule has 0 atom stereocenters. The number of benzene rings is 4. The lowest BCUT2D eigenvalue weighted by Gasteiger charge is -2.18. The van der Waals surface area contributed by atoms with Crippen molar-refractivity contribution >= 4 is 88.0 Å². The van der Waals surface area contributed by atoms with E-state index < -0.39 is 9.85 Å². The lowest BCUT2D eigenvalue weighted by atomic mass is 10.2. The first-order valence-electron chi connectivity index (χ1n) is 16.5. The number of H-pyrrole nitrogens is 2. The Morgan fingerprint density at radius 2 is 1.17 bits per heavy atom. The van der Waals surface area contributed by atoms with Gasteiger partial charge in [0.15, 0.2) is 5.84 Å². The van der Waals surface area contributed by atoms with E-state index in [1.54, 1.807) is 87.4 Å². The highest BCUT2D eigenvalue weighted by molar-refractivity contribution is 7.71. The van der Waals surface area contributed by atoms with E-state index in [0.717, 1.165) is 11.1 Å². The van der Waals surface area contributed by atoms with Crippen molar-refractivity contribution in [2.45, 2.75) is 13.1 Å². The standard InChI is InChI=1S/C17H13Cl2N7O2S.C17H11Cl2N7O2S/c18-11-3-6-15(14(19)7-11)25-17(29)13(8-20-25)16-21-22-23-24(16)9-10-1-4-12(5-2-10)26(27)28;18-11-3-6-15(14(19)7-11)25-17(29)13(8-20-25)16-21-23-24(22-16)9-10-1-4-12(5-2-10)26(27)28/h1-8,20,22-23H,9H2;1-8,20H,9H2. The fourth-order valence-electron chi connectivity index (χ4n) is 5.53. The van der Waals surface area contributed by atoms with Crippen LogP contribution in [-0.4, -0.2) is 60.5 Å². The fraction of sp³-hybridized carbons (Fsp3) is 0.0588. The maximum absolute atomic E-state index is 10.8. The summed E-state index contributed by atoms with van der Waals surface area (Å²) in [6.07, 6.45) is 3.39. The van der Waals surface area contributed by atoms with Gasteiger partial charge in [-0.05, 0) is 52.7 Å². The van der Waals surface area contributed by atoms with Crippen LogP contribution in [0.1, 0.15) is 16.7 Å². The van der Waals surface area contributed by atoms with Crippen LogP contribution in [0.5, 0.6) is 0 Å². The van der Waals surface area contributed by atoms with Crippen LogP contribution >= 0.6 is 70.8 Å². The van der Waals surface area contributed by atoms with Crippen LogP contribution in [0, 0.1) is 29.5 Å². The minimum Gasteiger partial charge on any atom is -0.299 e. The molecule has 18 nitrogen and oxygen atoms in total. The Kier molecular flexibility index (Phi) is 12.0. The van der Waals surface area contributed by atoms with E-state index in [0.29, 0.717) is 76.6 Å². The Bertz CT molecular complexity index is 2820. The smallest absolute Gasteiger partial charge is 0.269 e. The highest BCUT2D eigenvalue weighted by Gasteiger charge is 2.23. The molecule has 7 aromatic rings. The lowest BCUT2D eigenvalue weighted by molar-refractivity contribution is -0.385. The van der Waals surface area contributed by atoms with Gasteiger partial charge in [0.2, 0.25) is 5.82 Å². The minimum absolute atomic E-state index is 0.0227. The number of non-ortho nitro benzene ring substituents is 2. The average Bonchev–Trinajstić information content (AvgIpc) is 4.01. The molecular weight excluding hydrogens is 874 g/mol. The van der Waals surface area contributed by atoms with Gasteiger partial charge in [0.05, 0.1) is 55.5 Å². The Balaban J connectivity index is 0.000000177. The van der Waals surface area contributed by atoms with Gasteiger partial charge in [-0.25, -0.2) is 14.9 Å². The zero-order valence-electron chi connectivity index (χ0n) is 29.1. The summed E-state index contributed by atoms with van der Waals surface area (Å²) in [5, 5.41) is 48.0. The summed E-state index contributed by atoms with van der Waals surface area (Å²) in [4.78, 5) is 22.1. The Morgan fingerprint density at radius 1 is 0.672 bits per heavy atom. The maximum atomic E-state index is 10.8. The predicted molar refractivity (Wildman–Crippen MR) is 222 cm³/mol. The van der Waals surface area contributed by atoms with E-state index in [2.05, 4.69) is 41.8 Å². The number of nitro benzene ring substituents is 2. The molecule has 58 heavy (non-hydrogen) atoms. The summed E-state index contributed by atoms with van der Waals surface area (Å²) in [5.41, 5.74) is 9.90. The van der Waals surface area contributed by atoms with E-state index in [9.17, 15) is 20.2 Å². The maximum Gasteiger partial charge on any atom is 0.269 e. The minimum atomic E-state index is -0.450. The van der Waals surface area contributed by atoms with Crippen molar-refractivity contribution in [2.75, 3.05) is 0 Å². The number of tetrazole rings is 1. The Hall–Kier alpha value is -6.00. The van der Waals surface area contributed by atoms with E-state index in [4.69, 9.17) is 70.8 Å². The largest absolute Gasteiger partial charge is 0.299 e. The molecule has 0 radical (unpaired) electrons. The number of nitro groups is 2. The van der Waals surface area contributed by atoms with Crippen LogP contribution in [0.3, 0.4) is 0 Å². The lowest BCUT2D eigenvalue weighted by Crippen LogP contribution is -2.40. The number of nitrogens with one attached hydrogen (secondary N) is 4. The summed E-state index contributed by atoms with van der Waals surface area (Å²) in [7, 11) is 0. The van der Waals surface area contributed by atoms with Crippen LogP contribution in [0.2, 0.25) is 20.1 Å².